The monoisotopic (exact) mass is 510 g/mol. The normalized spacial score (nSPS) is 10.7. The van der Waals surface area contributed by atoms with E-state index in [9.17, 15) is 4.79 Å². The molecular formula is C22H31IN4O2. The number of ether oxygens (including phenoxy) is 1. The number of anilines is 1. The fraction of sp³-hybridized carbons (Fsp3) is 0.364. The molecular weight excluding hydrogens is 479 g/mol. The van der Waals surface area contributed by atoms with E-state index in [1.165, 1.54) is 23.6 Å². The van der Waals surface area contributed by atoms with Crippen LogP contribution in [-0.2, 0) is 17.9 Å². The third-order valence-electron chi connectivity index (χ3n) is 4.28. The molecule has 0 heterocycles. The summed E-state index contributed by atoms with van der Waals surface area (Å²) in [6.07, 6.45) is 0. The Bertz CT molecular complexity index is 853. The third kappa shape index (κ3) is 7.92. The summed E-state index contributed by atoms with van der Waals surface area (Å²) >= 11 is 0. The Morgan fingerprint density at radius 1 is 1.10 bits per heavy atom. The fourth-order valence-electron chi connectivity index (χ4n) is 2.88. The van der Waals surface area contributed by atoms with Gasteiger partial charge in [0.1, 0.15) is 5.75 Å². The van der Waals surface area contributed by atoms with Crippen molar-refractivity contribution in [1.82, 2.24) is 10.6 Å². The van der Waals surface area contributed by atoms with Crippen molar-refractivity contribution in [1.29, 1.82) is 0 Å². The van der Waals surface area contributed by atoms with Gasteiger partial charge in [-0.3, -0.25) is 4.79 Å². The van der Waals surface area contributed by atoms with Gasteiger partial charge in [-0.15, -0.1) is 24.0 Å². The van der Waals surface area contributed by atoms with E-state index >= 15 is 0 Å². The van der Waals surface area contributed by atoms with Crippen LogP contribution in [0.3, 0.4) is 0 Å². The van der Waals surface area contributed by atoms with Crippen LogP contribution in [0.4, 0.5) is 5.69 Å². The molecule has 0 spiro atoms. The first kappa shape index (κ1) is 24.7. The lowest BCUT2D eigenvalue weighted by Gasteiger charge is -2.14. The van der Waals surface area contributed by atoms with Gasteiger partial charge in [0.05, 0.1) is 19.3 Å². The minimum absolute atomic E-state index is 0. The lowest BCUT2D eigenvalue weighted by Crippen LogP contribution is -2.36. The quantitative estimate of drug-likeness (QED) is 0.298. The summed E-state index contributed by atoms with van der Waals surface area (Å²) in [5.74, 6) is 1.24. The average molecular weight is 510 g/mol. The maximum Gasteiger partial charge on any atom is 0.221 e. The first-order chi connectivity index (χ1) is 13.4. The lowest BCUT2D eigenvalue weighted by atomic mass is 10.1. The maximum absolute atomic E-state index is 11.4. The van der Waals surface area contributed by atoms with Crippen molar-refractivity contribution in [2.24, 2.45) is 4.99 Å². The summed E-state index contributed by atoms with van der Waals surface area (Å²) in [5, 5.41) is 9.44. The van der Waals surface area contributed by atoms with Crippen molar-refractivity contribution in [3.8, 4) is 5.75 Å². The van der Waals surface area contributed by atoms with Gasteiger partial charge in [-0.05, 0) is 49.6 Å². The van der Waals surface area contributed by atoms with Crippen molar-refractivity contribution >= 4 is 41.5 Å². The fourth-order valence-corrected chi connectivity index (χ4v) is 2.88. The van der Waals surface area contributed by atoms with Gasteiger partial charge in [0.2, 0.25) is 5.91 Å². The van der Waals surface area contributed by atoms with Crippen LogP contribution in [-0.4, -0.2) is 25.5 Å². The van der Waals surface area contributed by atoms with Crippen molar-refractivity contribution in [2.75, 3.05) is 19.0 Å². The Labute approximate surface area is 190 Å². The Balaban J connectivity index is 0.00000420. The average Bonchev–Trinajstić information content (AvgIpc) is 2.65. The lowest BCUT2D eigenvalue weighted by molar-refractivity contribution is -0.114. The molecule has 0 aliphatic heterocycles. The van der Waals surface area contributed by atoms with Gasteiger partial charge in [-0.1, -0.05) is 29.8 Å². The number of benzene rings is 2. The number of nitrogens with zero attached hydrogens (tertiary/aromatic N) is 1. The van der Waals surface area contributed by atoms with Crippen LogP contribution in [0.2, 0.25) is 0 Å². The van der Waals surface area contributed by atoms with Crippen molar-refractivity contribution in [3.63, 3.8) is 0 Å². The number of nitrogens with one attached hydrogen (secondary N) is 3. The molecule has 2 rings (SSSR count). The zero-order chi connectivity index (χ0) is 20.5. The van der Waals surface area contributed by atoms with Gasteiger partial charge < -0.3 is 20.7 Å². The molecule has 0 bridgehead atoms. The molecule has 158 valence electrons. The van der Waals surface area contributed by atoms with Gasteiger partial charge >= 0.3 is 0 Å². The predicted octanol–water partition coefficient (Wildman–Crippen LogP) is 4.14. The molecule has 2 aromatic rings. The van der Waals surface area contributed by atoms with E-state index < -0.39 is 0 Å². The molecule has 1 amide bonds. The zero-order valence-electron chi connectivity index (χ0n) is 17.8. The molecule has 0 radical (unpaired) electrons. The van der Waals surface area contributed by atoms with Crippen molar-refractivity contribution < 1.29 is 9.53 Å². The molecule has 6 nitrogen and oxygen atoms in total. The van der Waals surface area contributed by atoms with Crippen LogP contribution < -0.4 is 20.7 Å². The van der Waals surface area contributed by atoms with Crippen LogP contribution in [0.1, 0.15) is 36.1 Å². The first-order valence-corrected chi connectivity index (χ1v) is 9.45. The molecule has 0 unspecified atom stereocenters. The van der Waals surface area contributed by atoms with Crippen LogP contribution >= 0.6 is 24.0 Å². The van der Waals surface area contributed by atoms with E-state index in [-0.39, 0.29) is 29.9 Å². The van der Waals surface area contributed by atoms with Crippen LogP contribution in [0.15, 0.2) is 41.4 Å². The Kier molecular flexibility index (Phi) is 10.5. The molecule has 0 aliphatic carbocycles. The molecule has 0 aliphatic rings. The standard InChI is InChI=1S/C22H30N4O2.HI/c1-6-23-22(25-14-19-9-7-15(2)11-16(19)3)24-13-18-8-10-21(28-5)20(12-18)26-17(4)27;/h7-12H,6,13-14H2,1-5H3,(H,26,27)(H2,23,24,25);1H. The number of guanidine groups is 1. The predicted molar refractivity (Wildman–Crippen MR) is 130 cm³/mol. The number of aryl methyl sites for hydroxylation is 2. The number of hydrogen-bond acceptors (Lipinski definition) is 3. The summed E-state index contributed by atoms with van der Waals surface area (Å²) in [6, 6.07) is 12.1. The number of amides is 1. The molecule has 0 aromatic heterocycles. The minimum Gasteiger partial charge on any atom is -0.495 e. The highest BCUT2D eigenvalue weighted by atomic mass is 127. The number of rotatable bonds is 7. The second-order valence-corrected chi connectivity index (χ2v) is 6.69. The van der Waals surface area contributed by atoms with Crippen molar-refractivity contribution in [3.05, 3.63) is 58.7 Å². The number of carbonyl (C=O) groups is 1. The van der Waals surface area contributed by atoms with E-state index in [1.54, 1.807) is 7.11 Å². The zero-order valence-corrected chi connectivity index (χ0v) is 20.1. The number of methoxy groups -OCH3 is 1. The second kappa shape index (κ2) is 12.3. The number of hydrogen-bond donors (Lipinski definition) is 3. The van der Waals surface area contributed by atoms with Gasteiger partial charge in [-0.25, -0.2) is 4.99 Å². The van der Waals surface area contributed by atoms with Crippen LogP contribution in [0.5, 0.6) is 5.75 Å². The molecule has 2 aromatic carbocycles. The largest absolute Gasteiger partial charge is 0.495 e. The van der Waals surface area contributed by atoms with Gasteiger partial charge in [0.15, 0.2) is 5.96 Å². The van der Waals surface area contributed by atoms with Crippen LogP contribution in [0.25, 0.3) is 0 Å². The Morgan fingerprint density at radius 3 is 2.48 bits per heavy atom. The van der Waals surface area contributed by atoms with E-state index in [2.05, 4.69) is 53.0 Å². The number of aliphatic imine (C=N–C) groups is 1. The summed E-state index contributed by atoms with van der Waals surface area (Å²) < 4.78 is 5.30. The Morgan fingerprint density at radius 2 is 1.86 bits per heavy atom. The molecule has 7 heteroatoms. The minimum atomic E-state index is -0.137. The van der Waals surface area contributed by atoms with Crippen LogP contribution in [0, 0.1) is 13.8 Å². The van der Waals surface area contributed by atoms with E-state index in [0.29, 0.717) is 24.5 Å². The summed E-state index contributed by atoms with van der Waals surface area (Å²) in [5.41, 5.74) is 5.40. The molecule has 29 heavy (non-hydrogen) atoms. The SMILES string of the molecule is CCNC(=NCc1ccc(OC)c(NC(C)=O)c1)NCc1ccc(C)cc1C.I. The smallest absolute Gasteiger partial charge is 0.221 e. The first-order valence-electron chi connectivity index (χ1n) is 9.45. The van der Waals surface area contributed by atoms with Gasteiger partial charge in [-0.2, -0.15) is 0 Å². The summed E-state index contributed by atoms with van der Waals surface area (Å²) in [7, 11) is 1.58. The molecule has 3 N–H and O–H groups in total. The van der Waals surface area contributed by atoms with E-state index in [0.717, 1.165) is 18.1 Å². The van der Waals surface area contributed by atoms with Crippen molar-refractivity contribution in [2.45, 2.75) is 40.8 Å². The highest BCUT2D eigenvalue weighted by Crippen LogP contribution is 2.25. The van der Waals surface area contributed by atoms with Gasteiger partial charge in [0.25, 0.3) is 0 Å². The molecule has 0 fully saturated rings. The van der Waals surface area contributed by atoms with Gasteiger partial charge in [0, 0.05) is 20.0 Å². The summed E-state index contributed by atoms with van der Waals surface area (Å²) in [6.45, 7) is 9.70. The Hall–Kier alpha value is -2.29. The van der Waals surface area contributed by atoms with E-state index in [1.807, 2.05) is 25.1 Å². The number of carbonyl (C=O) groups excluding carboxylic acids is 1. The molecule has 0 saturated heterocycles. The van der Waals surface area contributed by atoms with E-state index in [4.69, 9.17) is 4.74 Å². The second-order valence-electron chi connectivity index (χ2n) is 6.69. The third-order valence-corrected chi connectivity index (χ3v) is 4.28. The maximum atomic E-state index is 11.4. The molecule has 0 saturated carbocycles. The summed E-state index contributed by atoms with van der Waals surface area (Å²) in [4.78, 5) is 16.1. The topological polar surface area (TPSA) is 74.8 Å². The highest BCUT2D eigenvalue weighted by Gasteiger charge is 2.07. The number of halogens is 1. The highest BCUT2D eigenvalue weighted by molar-refractivity contribution is 14.0. The molecule has 0 atom stereocenters.